The summed E-state index contributed by atoms with van der Waals surface area (Å²) < 4.78 is 21.6. The van der Waals surface area contributed by atoms with Crippen LogP contribution < -0.4 is 15.4 Å². The summed E-state index contributed by atoms with van der Waals surface area (Å²) in [7, 11) is 0. The average molecular weight is 489 g/mol. The van der Waals surface area contributed by atoms with Gasteiger partial charge in [-0.25, -0.2) is 4.39 Å². The van der Waals surface area contributed by atoms with Gasteiger partial charge < -0.3 is 20.5 Å². The number of nitrogens with zero attached hydrogens (tertiary/aromatic N) is 1. The van der Waals surface area contributed by atoms with Crippen LogP contribution >= 0.6 is 0 Å². The zero-order valence-corrected chi connectivity index (χ0v) is 20.7. The van der Waals surface area contributed by atoms with Crippen LogP contribution in [0.4, 0.5) is 10.1 Å². The Bertz CT molecular complexity index is 1260. The maximum absolute atomic E-state index is 15.5. The summed E-state index contributed by atoms with van der Waals surface area (Å²) in [4.78, 5) is 13.7. The highest BCUT2D eigenvalue weighted by Crippen LogP contribution is 2.54. The number of nitrogens with two attached hydrogens (primary N) is 1. The number of carboxylic acids is 1. The van der Waals surface area contributed by atoms with Crippen LogP contribution in [0.1, 0.15) is 55.3 Å². The molecule has 5 nitrogen and oxygen atoms in total. The minimum atomic E-state index is -0.904. The molecule has 0 bridgehead atoms. The Kier molecular flexibility index (Phi) is 6.71. The molecule has 1 saturated carbocycles. The van der Waals surface area contributed by atoms with Crippen LogP contribution in [-0.4, -0.2) is 24.2 Å². The molecule has 0 aromatic heterocycles. The van der Waals surface area contributed by atoms with Crippen molar-refractivity contribution in [2.75, 3.05) is 18.0 Å². The molecule has 0 radical (unpaired) electrons. The van der Waals surface area contributed by atoms with Crippen molar-refractivity contribution < 1.29 is 19.0 Å². The third kappa shape index (κ3) is 5.24. The number of hydrogen-bond acceptors (Lipinski definition) is 4. The smallest absolute Gasteiger partial charge is 0.307 e. The number of carboxylic acid groups (broad SMARTS) is 1. The second kappa shape index (κ2) is 9.94. The number of carbonyl (C=O) groups is 1. The first-order valence-corrected chi connectivity index (χ1v) is 12.7. The highest BCUT2D eigenvalue weighted by Gasteiger charge is 2.44. The second-order valence-electron chi connectivity index (χ2n) is 10.3. The van der Waals surface area contributed by atoms with Gasteiger partial charge in [-0.1, -0.05) is 36.4 Å². The molecule has 188 valence electrons. The van der Waals surface area contributed by atoms with E-state index in [1.165, 1.54) is 25.7 Å². The molecule has 0 unspecified atom stereocenters. The lowest BCUT2D eigenvalue weighted by Crippen LogP contribution is -2.34. The Morgan fingerprint density at radius 2 is 1.83 bits per heavy atom. The summed E-state index contributed by atoms with van der Waals surface area (Å²) in [5.41, 5.74) is 11.0. The molecule has 1 aliphatic heterocycles. The van der Waals surface area contributed by atoms with Gasteiger partial charge in [0.05, 0.1) is 6.42 Å². The van der Waals surface area contributed by atoms with Crippen molar-refractivity contribution >= 4 is 11.7 Å². The minimum absolute atomic E-state index is 0.105. The van der Waals surface area contributed by atoms with E-state index in [0.717, 1.165) is 29.9 Å². The Morgan fingerprint density at radius 3 is 2.53 bits per heavy atom. The maximum Gasteiger partial charge on any atom is 0.307 e. The van der Waals surface area contributed by atoms with Gasteiger partial charge in [0.15, 0.2) is 0 Å². The number of ether oxygens (including phenoxy) is 1. The zero-order chi connectivity index (χ0) is 25.3. The molecule has 1 heterocycles. The van der Waals surface area contributed by atoms with E-state index in [0.29, 0.717) is 27.9 Å². The van der Waals surface area contributed by atoms with E-state index in [4.69, 9.17) is 10.5 Å². The van der Waals surface area contributed by atoms with E-state index < -0.39 is 12.0 Å². The van der Waals surface area contributed by atoms with Gasteiger partial charge in [-0.05, 0) is 73.4 Å². The molecule has 0 amide bonds. The zero-order valence-electron chi connectivity index (χ0n) is 20.7. The first kappa shape index (κ1) is 24.3. The molecule has 36 heavy (non-hydrogen) atoms. The predicted molar refractivity (Wildman–Crippen MR) is 140 cm³/mol. The molecule has 6 heteroatoms. The van der Waals surface area contributed by atoms with E-state index in [9.17, 15) is 9.90 Å². The normalized spacial score (nSPS) is 17.1. The third-order valence-electron chi connectivity index (χ3n) is 7.66. The van der Waals surface area contributed by atoms with Gasteiger partial charge in [-0.3, -0.25) is 4.79 Å². The molecule has 1 spiro atoms. The monoisotopic (exact) mass is 488 g/mol. The first-order chi connectivity index (χ1) is 17.3. The molecule has 1 atom stereocenters. The SMILES string of the molecule is C[C@H](N)c1cccc(-c2cc(COc3ccccc3CC(=O)O)cc(N3CCC4(CC3)CC4)c2)c1F. The Labute approximate surface area is 211 Å². The van der Waals surface area contributed by atoms with Gasteiger partial charge in [0.1, 0.15) is 18.2 Å². The molecule has 3 aromatic carbocycles. The minimum Gasteiger partial charge on any atom is -0.489 e. The summed E-state index contributed by atoms with van der Waals surface area (Å²) in [6.45, 7) is 4.03. The number of anilines is 1. The van der Waals surface area contributed by atoms with Crippen molar-refractivity contribution in [1.82, 2.24) is 0 Å². The second-order valence-corrected chi connectivity index (χ2v) is 10.3. The van der Waals surface area contributed by atoms with Crippen molar-refractivity contribution in [3.8, 4) is 16.9 Å². The van der Waals surface area contributed by atoms with Crippen LogP contribution in [0.3, 0.4) is 0 Å². The van der Waals surface area contributed by atoms with E-state index in [2.05, 4.69) is 17.0 Å². The third-order valence-corrected chi connectivity index (χ3v) is 7.66. The van der Waals surface area contributed by atoms with Gasteiger partial charge in [0.2, 0.25) is 0 Å². The van der Waals surface area contributed by atoms with E-state index in [-0.39, 0.29) is 18.8 Å². The standard InChI is InChI=1S/C30H33FN2O3/c1-20(32)25-6-4-7-26(29(25)31)23-15-21(19-36-27-8-3-2-5-22(27)18-28(34)35)16-24(17-23)33-13-11-30(9-10-30)12-14-33/h2-8,15-17,20H,9-14,18-19,32H2,1H3,(H,34,35)/t20-/m0/s1. The number of rotatable bonds is 8. The van der Waals surface area contributed by atoms with Crippen LogP contribution in [0, 0.1) is 11.2 Å². The fourth-order valence-corrected chi connectivity index (χ4v) is 5.25. The number of halogens is 1. The number of aliphatic carboxylic acids is 1. The van der Waals surface area contributed by atoms with Crippen molar-refractivity contribution in [2.45, 2.75) is 51.7 Å². The average Bonchev–Trinajstić information content (AvgIpc) is 3.62. The molecule has 2 aliphatic rings. The Balaban J connectivity index is 1.47. The Morgan fingerprint density at radius 1 is 1.08 bits per heavy atom. The molecule has 1 aliphatic carbocycles. The van der Waals surface area contributed by atoms with Crippen molar-refractivity contribution in [3.05, 3.63) is 83.2 Å². The molecule has 1 saturated heterocycles. The van der Waals surface area contributed by atoms with Gasteiger partial charge in [0, 0.05) is 41.5 Å². The predicted octanol–water partition coefficient (Wildman–Crippen LogP) is 6.10. The van der Waals surface area contributed by atoms with Crippen molar-refractivity contribution in [2.24, 2.45) is 11.1 Å². The number of benzene rings is 3. The van der Waals surface area contributed by atoms with Crippen LogP contribution in [0.25, 0.3) is 11.1 Å². The van der Waals surface area contributed by atoms with Crippen LogP contribution in [0.5, 0.6) is 5.75 Å². The largest absolute Gasteiger partial charge is 0.489 e. The van der Waals surface area contributed by atoms with Crippen LogP contribution in [0.15, 0.2) is 60.7 Å². The quantitative estimate of drug-likeness (QED) is 0.401. The molecular weight excluding hydrogens is 455 g/mol. The molecule has 5 rings (SSSR count). The highest BCUT2D eigenvalue weighted by molar-refractivity contribution is 5.72. The van der Waals surface area contributed by atoms with E-state index in [1.54, 1.807) is 37.3 Å². The lowest BCUT2D eigenvalue weighted by atomic mass is 9.92. The van der Waals surface area contributed by atoms with Gasteiger partial charge in [0.25, 0.3) is 0 Å². The van der Waals surface area contributed by atoms with Crippen LogP contribution in [-0.2, 0) is 17.8 Å². The summed E-state index contributed by atoms with van der Waals surface area (Å²) in [6.07, 6.45) is 4.96. The van der Waals surface area contributed by atoms with Crippen LogP contribution in [0.2, 0.25) is 0 Å². The lowest BCUT2D eigenvalue weighted by molar-refractivity contribution is -0.136. The van der Waals surface area contributed by atoms with Gasteiger partial charge in [-0.2, -0.15) is 0 Å². The fourth-order valence-electron chi connectivity index (χ4n) is 5.25. The fraction of sp³-hybridized carbons (Fsp3) is 0.367. The summed E-state index contributed by atoms with van der Waals surface area (Å²) in [6, 6.07) is 18.3. The molecule has 3 aromatic rings. The summed E-state index contributed by atoms with van der Waals surface area (Å²) >= 11 is 0. The number of hydrogen-bond donors (Lipinski definition) is 2. The van der Waals surface area contributed by atoms with Crippen molar-refractivity contribution in [1.29, 1.82) is 0 Å². The van der Waals surface area contributed by atoms with Crippen molar-refractivity contribution in [3.63, 3.8) is 0 Å². The van der Waals surface area contributed by atoms with E-state index >= 15 is 4.39 Å². The first-order valence-electron chi connectivity index (χ1n) is 12.7. The summed E-state index contributed by atoms with van der Waals surface area (Å²) in [5, 5.41) is 9.24. The highest BCUT2D eigenvalue weighted by atomic mass is 19.1. The number of piperidine rings is 1. The lowest BCUT2D eigenvalue weighted by Gasteiger charge is -2.34. The van der Waals surface area contributed by atoms with E-state index in [1.807, 2.05) is 18.2 Å². The number of para-hydroxylation sites is 1. The topological polar surface area (TPSA) is 75.8 Å². The Hall–Kier alpha value is -3.38. The van der Waals surface area contributed by atoms with Gasteiger partial charge >= 0.3 is 5.97 Å². The molecule has 3 N–H and O–H groups in total. The van der Waals surface area contributed by atoms with Gasteiger partial charge in [-0.15, -0.1) is 0 Å². The summed E-state index contributed by atoms with van der Waals surface area (Å²) in [5.74, 6) is -0.650. The maximum atomic E-state index is 15.5. The molecular formula is C30H33FN2O3. The molecule has 2 fully saturated rings.